The summed E-state index contributed by atoms with van der Waals surface area (Å²) in [6.45, 7) is 2.49. The van der Waals surface area contributed by atoms with E-state index < -0.39 is 11.9 Å². The third-order valence-electron chi connectivity index (χ3n) is 2.98. The molecule has 0 aliphatic rings. The number of hydrogen-bond acceptors (Lipinski definition) is 4. The molecule has 4 nitrogen and oxygen atoms in total. The first-order valence-electron chi connectivity index (χ1n) is 7.45. The average molecular weight is 382 g/mol. The number of ether oxygens (including phenoxy) is 2. The summed E-state index contributed by atoms with van der Waals surface area (Å²) in [5.74, 6) is -0.796. The molecule has 0 heterocycles. The van der Waals surface area contributed by atoms with E-state index in [1.807, 2.05) is 0 Å². The molecular formula is C16H19Cl3O4. The lowest BCUT2D eigenvalue weighted by Crippen LogP contribution is -2.13. The van der Waals surface area contributed by atoms with Gasteiger partial charge in [0.25, 0.3) is 0 Å². The molecule has 0 atom stereocenters. The monoisotopic (exact) mass is 380 g/mol. The minimum atomic E-state index is -0.567. The molecule has 0 aromatic heterocycles. The number of carbonyl (C=O) groups excluding carboxylic acids is 2. The van der Waals surface area contributed by atoms with Crippen molar-refractivity contribution >= 4 is 46.7 Å². The number of unbranched alkanes of at least 4 members (excludes halogenated alkanes) is 3. The van der Waals surface area contributed by atoms with Crippen LogP contribution in [0.25, 0.3) is 0 Å². The molecule has 0 N–H and O–H groups in total. The van der Waals surface area contributed by atoms with Crippen LogP contribution in [0.2, 0.25) is 15.1 Å². The minimum absolute atomic E-state index is 0.0261. The summed E-state index contributed by atoms with van der Waals surface area (Å²) >= 11 is 17.5. The highest BCUT2D eigenvalue weighted by atomic mass is 35.5. The molecule has 0 aliphatic carbocycles. The second-order valence-corrected chi connectivity index (χ2v) is 6.15. The Bertz CT molecular complexity index is 523. The zero-order valence-electron chi connectivity index (χ0n) is 12.9. The lowest BCUT2D eigenvalue weighted by atomic mass is 10.2. The predicted molar refractivity (Wildman–Crippen MR) is 91.4 cm³/mol. The van der Waals surface area contributed by atoms with Crippen molar-refractivity contribution in [3.05, 3.63) is 27.2 Å². The van der Waals surface area contributed by atoms with Crippen LogP contribution in [0.15, 0.2) is 12.1 Å². The number of esters is 2. The van der Waals surface area contributed by atoms with Gasteiger partial charge in [0.1, 0.15) is 5.75 Å². The van der Waals surface area contributed by atoms with Gasteiger partial charge >= 0.3 is 11.9 Å². The van der Waals surface area contributed by atoms with Crippen LogP contribution in [-0.4, -0.2) is 18.5 Å². The average Bonchev–Trinajstić information content (AvgIpc) is 2.50. The van der Waals surface area contributed by atoms with Crippen LogP contribution >= 0.6 is 34.8 Å². The van der Waals surface area contributed by atoms with E-state index in [0.717, 1.165) is 25.7 Å². The van der Waals surface area contributed by atoms with Gasteiger partial charge in [0.05, 0.1) is 34.5 Å². The van der Waals surface area contributed by atoms with E-state index in [-0.39, 0.29) is 33.7 Å². The Morgan fingerprint density at radius 1 is 0.957 bits per heavy atom. The fraction of sp³-hybridized carbons (Fsp3) is 0.500. The van der Waals surface area contributed by atoms with Crippen molar-refractivity contribution in [2.45, 2.75) is 45.4 Å². The van der Waals surface area contributed by atoms with Gasteiger partial charge in [-0.15, -0.1) is 0 Å². The van der Waals surface area contributed by atoms with Crippen molar-refractivity contribution in [3.8, 4) is 5.75 Å². The van der Waals surface area contributed by atoms with E-state index in [0.29, 0.717) is 6.61 Å². The summed E-state index contributed by atoms with van der Waals surface area (Å²) in [6, 6.07) is 2.78. The van der Waals surface area contributed by atoms with E-state index >= 15 is 0 Å². The third kappa shape index (κ3) is 7.91. The predicted octanol–water partition coefficient (Wildman–Crippen LogP) is 5.46. The summed E-state index contributed by atoms with van der Waals surface area (Å²) in [5, 5.41) is 0.571. The standard InChI is InChI=1S/C16H19Cl3O4/c1-2-3-4-5-8-22-14(20)6-7-15(21)23-11-9-12(17)16(19)13(18)10-11/h9-10H,2-8H2,1H3. The Kier molecular flexibility index (Phi) is 9.37. The first kappa shape index (κ1) is 20.1. The van der Waals surface area contributed by atoms with E-state index in [4.69, 9.17) is 44.3 Å². The quantitative estimate of drug-likeness (QED) is 0.247. The second kappa shape index (κ2) is 10.7. The summed E-state index contributed by atoms with van der Waals surface area (Å²) in [6.07, 6.45) is 4.01. The topological polar surface area (TPSA) is 52.6 Å². The number of rotatable bonds is 9. The number of hydrogen-bond donors (Lipinski definition) is 0. The fourth-order valence-electron chi connectivity index (χ4n) is 1.76. The van der Waals surface area contributed by atoms with Crippen LogP contribution < -0.4 is 4.74 Å². The first-order valence-corrected chi connectivity index (χ1v) is 8.58. The van der Waals surface area contributed by atoms with Gasteiger partial charge in [0, 0.05) is 12.1 Å². The van der Waals surface area contributed by atoms with E-state index in [2.05, 4.69) is 6.92 Å². The maximum absolute atomic E-state index is 11.7. The van der Waals surface area contributed by atoms with Crippen molar-refractivity contribution in [1.29, 1.82) is 0 Å². The van der Waals surface area contributed by atoms with Crippen molar-refractivity contribution in [1.82, 2.24) is 0 Å². The van der Waals surface area contributed by atoms with Crippen LogP contribution in [0.1, 0.15) is 45.4 Å². The van der Waals surface area contributed by atoms with Crippen molar-refractivity contribution < 1.29 is 19.1 Å². The Labute approximate surface area is 151 Å². The lowest BCUT2D eigenvalue weighted by molar-refractivity contribution is -0.147. The molecule has 1 aromatic carbocycles. The molecule has 0 spiro atoms. The van der Waals surface area contributed by atoms with Gasteiger partial charge in [0.15, 0.2) is 0 Å². The normalized spacial score (nSPS) is 10.4. The highest BCUT2D eigenvalue weighted by molar-refractivity contribution is 6.48. The van der Waals surface area contributed by atoms with Gasteiger partial charge in [-0.05, 0) is 6.42 Å². The zero-order valence-corrected chi connectivity index (χ0v) is 15.1. The maximum atomic E-state index is 11.7. The Balaban J connectivity index is 2.30. The van der Waals surface area contributed by atoms with Gasteiger partial charge in [-0.1, -0.05) is 61.0 Å². The van der Waals surface area contributed by atoms with E-state index in [9.17, 15) is 9.59 Å². The Hall–Kier alpha value is -0.970. The van der Waals surface area contributed by atoms with Crippen LogP contribution in [0.5, 0.6) is 5.75 Å². The SMILES string of the molecule is CCCCCCOC(=O)CCC(=O)Oc1cc(Cl)c(Cl)c(Cl)c1. The molecule has 23 heavy (non-hydrogen) atoms. The molecule has 128 valence electrons. The molecule has 0 radical (unpaired) electrons. The third-order valence-corrected chi connectivity index (χ3v) is 4.18. The van der Waals surface area contributed by atoms with Gasteiger partial charge in [-0.25, -0.2) is 0 Å². The molecule has 0 saturated carbocycles. The number of benzene rings is 1. The summed E-state index contributed by atoms with van der Waals surface area (Å²) in [7, 11) is 0. The number of halogens is 3. The van der Waals surface area contributed by atoms with Crippen molar-refractivity contribution in [2.24, 2.45) is 0 Å². The molecule has 0 saturated heterocycles. The molecule has 0 fully saturated rings. The van der Waals surface area contributed by atoms with Crippen molar-refractivity contribution in [3.63, 3.8) is 0 Å². The summed E-state index contributed by atoms with van der Waals surface area (Å²) < 4.78 is 10.1. The molecular weight excluding hydrogens is 363 g/mol. The highest BCUT2D eigenvalue weighted by Gasteiger charge is 2.12. The van der Waals surface area contributed by atoms with Crippen molar-refractivity contribution in [2.75, 3.05) is 6.61 Å². The number of carbonyl (C=O) groups is 2. The first-order chi connectivity index (χ1) is 10.9. The zero-order chi connectivity index (χ0) is 17.2. The Morgan fingerprint density at radius 3 is 2.17 bits per heavy atom. The molecule has 0 aliphatic heterocycles. The van der Waals surface area contributed by atoms with Gasteiger partial charge in [-0.2, -0.15) is 0 Å². The second-order valence-electron chi connectivity index (χ2n) is 4.96. The van der Waals surface area contributed by atoms with E-state index in [1.165, 1.54) is 12.1 Å². The van der Waals surface area contributed by atoms with Gasteiger partial charge < -0.3 is 9.47 Å². The lowest BCUT2D eigenvalue weighted by Gasteiger charge is -2.07. The molecule has 7 heteroatoms. The van der Waals surface area contributed by atoms with E-state index in [1.54, 1.807) is 0 Å². The summed E-state index contributed by atoms with van der Waals surface area (Å²) in [5.41, 5.74) is 0. The molecule has 1 aromatic rings. The summed E-state index contributed by atoms with van der Waals surface area (Å²) in [4.78, 5) is 23.2. The van der Waals surface area contributed by atoms with Crippen LogP contribution in [0.4, 0.5) is 0 Å². The van der Waals surface area contributed by atoms with Crippen LogP contribution in [-0.2, 0) is 14.3 Å². The Morgan fingerprint density at radius 2 is 1.57 bits per heavy atom. The van der Waals surface area contributed by atoms with Gasteiger partial charge in [-0.3, -0.25) is 9.59 Å². The molecule has 0 amide bonds. The van der Waals surface area contributed by atoms with Crippen LogP contribution in [0, 0.1) is 0 Å². The minimum Gasteiger partial charge on any atom is -0.466 e. The van der Waals surface area contributed by atoms with Gasteiger partial charge in [0.2, 0.25) is 0 Å². The molecule has 0 bridgehead atoms. The maximum Gasteiger partial charge on any atom is 0.311 e. The fourth-order valence-corrected chi connectivity index (χ4v) is 2.34. The largest absolute Gasteiger partial charge is 0.466 e. The van der Waals surface area contributed by atoms with Crippen LogP contribution in [0.3, 0.4) is 0 Å². The molecule has 1 rings (SSSR count). The molecule has 0 unspecified atom stereocenters. The smallest absolute Gasteiger partial charge is 0.311 e. The highest BCUT2D eigenvalue weighted by Crippen LogP contribution is 2.34.